The number of fused-ring (bicyclic) bond motifs is 1. The molecule has 0 atom stereocenters. The van der Waals surface area contributed by atoms with Crippen LogP contribution >= 0.6 is 0 Å². The molecule has 0 bridgehead atoms. The van der Waals surface area contributed by atoms with E-state index in [1.165, 1.54) is 0 Å². The molecular weight excluding hydrogens is 206 g/mol. The first-order chi connectivity index (χ1) is 7.84. The molecule has 3 rings (SSSR count). The van der Waals surface area contributed by atoms with Crippen molar-refractivity contribution in [1.82, 2.24) is 10.2 Å². The highest BCUT2D eigenvalue weighted by molar-refractivity contribution is 5.73. The predicted molar refractivity (Wildman–Crippen MR) is 59.4 cm³/mol. The Kier molecular flexibility index (Phi) is 1.96. The van der Waals surface area contributed by atoms with Gasteiger partial charge < -0.3 is 15.2 Å². The number of anilines is 1. The van der Waals surface area contributed by atoms with Gasteiger partial charge in [0.1, 0.15) is 13.2 Å². The van der Waals surface area contributed by atoms with Gasteiger partial charge in [-0.15, -0.1) is 0 Å². The third-order valence-electron chi connectivity index (χ3n) is 2.50. The Balaban J connectivity index is 2.06. The van der Waals surface area contributed by atoms with Crippen LogP contribution in [0.15, 0.2) is 24.4 Å². The Morgan fingerprint density at radius 2 is 2.00 bits per heavy atom. The van der Waals surface area contributed by atoms with Gasteiger partial charge in [-0.05, 0) is 18.2 Å². The van der Waals surface area contributed by atoms with Crippen molar-refractivity contribution in [3.63, 3.8) is 0 Å². The Labute approximate surface area is 92.2 Å². The number of nitrogens with zero attached hydrogens (tertiary/aromatic N) is 1. The summed E-state index contributed by atoms with van der Waals surface area (Å²) in [5, 5.41) is 6.75. The second-order valence-electron chi connectivity index (χ2n) is 3.56. The van der Waals surface area contributed by atoms with E-state index >= 15 is 0 Å². The molecular formula is C11H11N3O2. The molecule has 1 aliphatic heterocycles. The molecule has 0 saturated carbocycles. The maximum atomic E-state index is 5.78. The lowest BCUT2D eigenvalue weighted by molar-refractivity contribution is 0.171. The van der Waals surface area contributed by atoms with Gasteiger partial charge in [0.05, 0.1) is 17.6 Å². The first-order valence-electron chi connectivity index (χ1n) is 5.03. The van der Waals surface area contributed by atoms with Gasteiger partial charge in [0.25, 0.3) is 0 Å². The highest BCUT2D eigenvalue weighted by atomic mass is 16.6. The number of hydrogen-bond donors (Lipinski definition) is 2. The van der Waals surface area contributed by atoms with Crippen LogP contribution in [0.4, 0.5) is 5.69 Å². The van der Waals surface area contributed by atoms with Gasteiger partial charge in [0, 0.05) is 5.56 Å². The molecule has 1 aromatic carbocycles. The standard InChI is InChI=1S/C11H11N3O2/c12-8-6-13-14-11(8)7-1-2-9-10(5-7)16-4-3-15-9/h1-2,5-6H,3-4,12H2,(H,13,14). The highest BCUT2D eigenvalue weighted by Crippen LogP contribution is 2.35. The molecule has 16 heavy (non-hydrogen) atoms. The maximum absolute atomic E-state index is 5.78. The second-order valence-corrected chi connectivity index (χ2v) is 3.56. The van der Waals surface area contributed by atoms with Crippen molar-refractivity contribution in [2.75, 3.05) is 18.9 Å². The van der Waals surface area contributed by atoms with E-state index in [0.717, 1.165) is 22.8 Å². The number of H-pyrrole nitrogens is 1. The summed E-state index contributed by atoms with van der Waals surface area (Å²) in [6.07, 6.45) is 1.59. The molecule has 5 nitrogen and oxygen atoms in total. The fourth-order valence-electron chi connectivity index (χ4n) is 1.73. The van der Waals surface area contributed by atoms with Crippen LogP contribution in [0.5, 0.6) is 11.5 Å². The van der Waals surface area contributed by atoms with Gasteiger partial charge in [0.15, 0.2) is 11.5 Å². The van der Waals surface area contributed by atoms with Gasteiger partial charge >= 0.3 is 0 Å². The van der Waals surface area contributed by atoms with Crippen molar-refractivity contribution in [3.05, 3.63) is 24.4 Å². The zero-order chi connectivity index (χ0) is 11.0. The van der Waals surface area contributed by atoms with E-state index in [0.29, 0.717) is 18.9 Å². The van der Waals surface area contributed by atoms with Gasteiger partial charge in [-0.1, -0.05) is 0 Å². The molecule has 82 valence electrons. The summed E-state index contributed by atoms with van der Waals surface area (Å²) in [5.41, 5.74) is 8.15. The monoisotopic (exact) mass is 217 g/mol. The van der Waals surface area contributed by atoms with Gasteiger partial charge in [-0.25, -0.2) is 0 Å². The van der Waals surface area contributed by atoms with E-state index in [4.69, 9.17) is 15.2 Å². The predicted octanol–water partition coefficient (Wildman–Crippen LogP) is 1.43. The molecule has 2 heterocycles. The third kappa shape index (κ3) is 1.37. The van der Waals surface area contributed by atoms with Crippen LogP contribution < -0.4 is 15.2 Å². The van der Waals surface area contributed by atoms with Crippen molar-refractivity contribution < 1.29 is 9.47 Å². The Hall–Kier alpha value is -2.17. The molecule has 2 aromatic rings. The number of aromatic amines is 1. The van der Waals surface area contributed by atoms with Crippen molar-refractivity contribution >= 4 is 5.69 Å². The van der Waals surface area contributed by atoms with Crippen molar-refractivity contribution in [2.45, 2.75) is 0 Å². The molecule has 0 saturated heterocycles. The number of ether oxygens (including phenoxy) is 2. The Bertz CT molecular complexity index is 522. The molecule has 1 aromatic heterocycles. The van der Waals surface area contributed by atoms with Crippen LogP contribution in [-0.4, -0.2) is 23.4 Å². The summed E-state index contributed by atoms with van der Waals surface area (Å²) in [7, 11) is 0. The Morgan fingerprint density at radius 1 is 1.19 bits per heavy atom. The lowest BCUT2D eigenvalue weighted by atomic mass is 10.1. The van der Waals surface area contributed by atoms with E-state index in [2.05, 4.69) is 10.2 Å². The van der Waals surface area contributed by atoms with E-state index < -0.39 is 0 Å². The highest BCUT2D eigenvalue weighted by Gasteiger charge is 2.13. The van der Waals surface area contributed by atoms with Crippen LogP contribution in [0.3, 0.4) is 0 Å². The first kappa shape index (κ1) is 9.08. The molecule has 3 N–H and O–H groups in total. The molecule has 0 amide bonds. The van der Waals surface area contributed by atoms with Crippen molar-refractivity contribution in [3.8, 4) is 22.8 Å². The van der Waals surface area contributed by atoms with Crippen LogP contribution in [0, 0.1) is 0 Å². The molecule has 0 aliphatic carbocycles. The molecule has 0 spiro atoms. The lowest BCUT2D eigenvalue weighted by Crippen LogP contribution is -2.15. The van der Waals surface area contributed by atoms with Crippen LogP contribution in [0.25, 0.3) is 11.3 Å². The molecule has 5 heteroatoms. The SMILES string of the molecule is Nc1cn[nH]c1-c1ccc2c(c1)OCCO2. The molecule has 1 aliphatic rings. The van der Waals surface area contributed by atoms with Gasteiger partial charge in [-0.2, -0.15) is 5.10 Å². The summed E-state index contributed by atoms with van der Waals surface area (Å²) < 4.78 is 10.9. The summed E-state index contributed by atoms with van der Waals surface area (Å²) in [6.45, 7) is 1.17. The van der Waals surface area contributed by atoms with Gasteiger partial charge in [0.2, 0.25) is 0 Å². The molecule has 0 fully saturated rings. The largest absolute Gasteiger partial charge is 0.486 e. The molecule has 0 radical (unpaired) electrons. The van der Waals surface area contributed by atoms with Gasteiger partial charge in [-0.3, -0.25) is 5.10 Å². The van der Waals surface area contributed by atoms with Crippen LogP contribution in [0.1, 0.15) is 0 Å². The fraction of sp³-hybridized carbons (Fsp3) is 0.182. The maximum Gasteiger partial charge on any atom is 0.162 e. The summed E-state index contributed by atoms with van der Waals surface area (Å²) in [6, 6.07) is 5.71. The summed E-state index contributed by atoms with van der Waals surface area (Å²) >= 11 is 0. The number of aromatic nitrogens is 2. The number of benzene rings is 1. The van der Waals surface area contributed by atoms with E-state index in [1.807, 2.05) is 18.2 Å². The third-order valence-corrected chi connectivity index (χ3v) is 2.50. The van der Waals surface area contributed by atoms with Crippen molar-refractivity contribution in [1.29, 1.82) is 0 Å². The number of hydrogen-bond acceptors (Lipinski definition) is 4. The Morgan fingerprint density at radius 3 is 2.75 bits per heavy atom. The number of nitrogens with two attached hydrogens (primary N) is 1. The van der Waals surface area contributed by atoms with Crippen molar-refractivity contribution in [2.24, 2.45) is 0 Å². The minimum atomic E-state index is 0.578. The lowest BCUT2D eigenvalue weighted by Gasteiger charge is -2.18. The van der Waals surface area contributed by atoms with Crippen LogP contribution in [0.2, 0.25) is 0 Å². The van der Waals surface area contributed by atoms with E-state index in [1.54, 1.807) is 6.20 Å². The molecule has 0 unspecified atom stereocenters. The average molecular weight is 217 g/mol. The van der Waals surface area contributed by atoms with Crippen LogP contribution in [-0.2, 0) is 0 Å². The normalized spacial score (nSPS) is 13.8. The summed E-state index contributed by atoms with van der Waals surface area (Å²) in [4.78, 5) is 0. The number of rotatable bonds is 1. The quantitative estimate of drug-likeness (QED) is 0.757. The average Bonchev–Trinajstić information content (AvgIpc) is 2.75. The van der Waals surface area contributed by atoms with E-state index in [9.17, 15) is 0 Å². The first-order valence-corrected chi connectivity index (χ1v) is 5.03. The zero-order valence-electron chi connectivity index (χ0n) is 8.56. The topological polar surface area (TPSA) is 73.2 Å². The zero-order valence-corrected chi connectivity index (χ0v) is 8.56. The minimum Gasteiger partial charge on any atom is -0.486 e. The minimum absolute atomic E-state index is 0.578. The fourth-order valence-corrected chi connectivity index (χ4v) is 1.73. The summed E-state index contributed by atoms with van der Waals surface area (Å²) in [5.74, 6) is 1.52. The smallest absolute Gasteiger partial charge is 0.162 e. The van der Waals surface area contributed by atoms with E-state index in [-0.39, 0.29) is 0 Å². The number of nitrogen functional groups attached to an aromatic ring is 1. The second kappa shape index (κ2) is 3.44. The number of nitrogens with one attached hydrogen (secondary N) is 1.